The van der Waals surface area contributed by atoms with Crippen LogP contribution in [0.1, 0.15) is 48.4 Å². The lowest BCUT2D eigenvalue weighted by atomic mass is 10.0. The molecule has 2 rings (SSSR count). The van der Waals surface area contributed by atoms with Gasteiger partial charge in [-0.15, -0.1) is 0 Å². The quantitative estimate of drug-likeness (QED) is 0.643. The average Bonchev–Trinajstić information content (AvgIpc) is 2.78. The van der Waals surface area contributed by atoms with Crippen LogP contribution < -0.4 is 15.4 Å². The lowest BCUT2D eigenvalue weighted by molar-refractivity contribution is -0.133. The predicted molar refractivity (Wildman–Crippen MR) is 121 cm³/mol. The van der Waals surface area contributed by atoms with E-state index in [4.69, 9.17) is 4.74 Å². The van der Waals surface area contributed by atoms with Gasteiger partial charge in [0.2, 0.25) is 5.91 Å². The van der Waals surface area contributed by atoms with Crippen molar-refractivity contribution < 1.29 is 19.1 Å². The number of anilines is 1. The van der Waals surface area contributed by atoms with Gasteiger partial charge in [-0.3, -0.25) is 14.4 Å². The second-order valence-corrected chi connectivity index (χ2v) is 7.43. The Hall–Kier alpha value is -3.35. The first-order valence-corrected chi connectivity index (χ1v) is 10.5. The number of nitrogens with one attached hydrogen (secondary N) is 2. The zero-order valence-corrected chi connectivity index (χ0v) is 18.8. The molecule has 0 heterocycles. The molecule has 7 heteroatoms. The first-order chi connectivity index (χ1) is 14.8. The van der Waals surface area contributed by atoms with Crippen LogP contribution in [0.25, 0.3) is 0 Å². The summed E-state index contributed by atoms with van der Waals surface area (Å²) >= 11 is 0. The largest absolute Gasteiger partial charge is 0.497 e. The van der Waals surface area contributed by atoms with E-state index in [1.807, 2.05) is 27.7 Å². The van der Waals surface area contributed by atoms with Crippen molar-refractivity contribution >= 4 is 23.4 Å². The molecule has 3 amide bonds. The zero-order valence-electron chi connectivity index (χ0n) is 18.8. The number of carbonyl (C=O) groups is 3. The Kier molecular flexibility index (Phi) is 8.61. The van der Waals surface area contributed by atoms with Crippen LogP contribution in [-0.2, 0) is 4.79 Å². The highest BCUT2D eigenvalue weighted by Crippen LogP contribution is 2.19. The van der Waals surface area contributed by atoms with Gasteiger partial charge in [0, 0.05) is 18.7 Å². The second-order valence-electron chi connectivity index (χ2n) is 7.43. The second kappa shape index (κ2) is 11.2. The van der Waals surface area contributed by atoms with Crippen LogP contribution in [0, 0.1) is 5.92 Å². The minimum atomic E-state index is -0.655. The Morgan fingerprint density at radius 1 is 0.935 bits per heavy atom. The van der Waals surface area contributed by atoms with E-state index in [0.29, 0.717) is 35.7 Å². The Labute approximate surface area is 183 Å². The molecule has 0 aliphatic rings. The Balaban J connectivity index is 2.21. The SMILES string of the molecule is CCN(CC)C(=O)[C@@H](NC(=O)c1ccccc1NC(=O)c1ccc(OC)cc1)C(C)C. The van der Waals surface area contributed by atoms with Gasteiger partial charge in [-0.1, -0.05) is 26.0 Å². The fourth-order valence-corrected chi connectivity index (χ4v) is 3.19. The van der Waals surface area contributed by atoms with E-state index in [2.05, 4.69) is 10.6 Å². The lowest BCUT2D eigenvalue weighted by Gasteiger charge is -2.28. The fourth-order valence-electron chi connectivity index (χ4n) is 3.19. The maximum atomic E-state index is 13.0. The van der Waals surface area contributed by atoms with Gasteiger partial charge in [0.1, 0.15) is 11.8 Å². The Morgan fingerprint density at radius 3 is 2.10 bits per heavy atom. The van der Waals surface area contributed by atoms with E-state index in [1.54, 1.807) is 60.5 Å². The van der Waals surface area contributed by atoms with E-state index in [9.17, 15) is 14.4 Å². The summed E-state index contributed by atoms with van der Waals surface area (Å²) in [4.78, 5) is 40.2. The van der Waals surface area contributed by atoms with Gasteiger partial charge < -0.3 is 20.3 Å². The summed E-state index contributed by atoms with van der Waals surface area (Å²) in [5, 5.41) is 5.64. The topological polar surface area (TPSA) is 87.7 Å². The van der Waals surface area contributed by atoms with Crippen LogP contribution in [-0.4, -0.2) is 48.9 Å². The molecule has 0 saturated heterocycles. The number of carbonyl (C=O) groups excluding carboxylic acids is 3. The molecule has 0 unspecified atom stereocenters. The smallest absolute Gasteiger partial charge is 0.255 e. The molecule has 0 radical (unpaired) electrons. The van der Waals surface area contributed by atoms with E-state index < -0.39 is 11.9 Å². The molecule has 2 N–H and O–H groups in total. The maximum Gasteiger partial charge on any atom is 0.255 e. The molecule has 166 valence electrons. The van der Waals surface area contributed by atoms with Gasteiger partial charge in [0.15, 0.2) is 0 Å². The first-order valence-electron chi connectivity index (χ1n) is 10.5. The van der Waals surface area contributed by atoms with Crippen LogP contribution in [0.5, 0.6) is 5.75 Å². The standard InChI is InChI=1S/C24H31N3O4/c1-6-27(7-2)24(30)21(16(3)4)26-23(29)19-10-8-9-11-20(19)25-22(28)17-12-14-18(31-5)15-13-17/h8-16,21H,6-7H2,1-5H3,(H,25,28)(H,26,29)/t21-/m0/s1. The van der Waals surface area contributed by atoms with Crippen molar-refractivity contribution in [2.24, 2.45) is 5.92 Å². The highest BCUT2D eigenvalue weighted by Gasteiger charge is 2.28. The van der Waals surface area contributed by atoms with Crippen molar-refractivity contribution in [3.05, 3.63) is 59.7 Å². The van der Waals surface area contributed by atoms with Crippen molar-refractivity contribution in [3.8, 4) is 5.75 Å². The molecular weight excluding hydrogens is 394 g/mol. The van der Waals surface area contributed by atoms with Crippen LogP contribution in [0.3, 0.4) is 0 Å². The molecule has 0 saturated carbocycles. The molecular formula is C24H31N3O4. The molecule has 2 aromatic carbocycles. The normalized spacial score (nSPS) is 11.5. The highest BCUT2D eigenvalue weighted by molar-refractivity contribution is 6.09. The molecule has 2 aromatic rings. The number of hydrogen-bond donors (Lipinski definition) is 2. The fraction of sp³-hybridized carbons (Fsp3) is 0.375. The third kappa shape index (κ3) is 6.07. The van der Waals surface area contributed by atoms with Crippen molar-refractivity contribution in [1.82, 2.24) is 10.2 Å². The van der Waals surface area contributed by atoms with Gasteiger partial charge in [-0.2, -0.15) is 0 Å². The molecule has 0 spiro atoms. The first kappa shape index (κ1) is 23.9. The van der Waals surface area contributed by atoms with Crippen molar-refractivity contribution in [2.75, 3.05) is 25.5 Å². The van der Waals surface area contributed by atoms with Gasteiger partial charge in [0.25, 0.3) is 11.8 Å². The summed E-state index contributed by atoms with van der Waals surface area (Å²) in [5.74, 6) is -0.313. The van der Waals surface area contributed by atoms with Gasteiger partial charge >= 0.3 is 0 Å². The van der Waals surface area contributed by atoms with Crippen LogP contribution in [0.15, 0.2) is 48.5 Å². The third-order valence-corrected chi connectivity index (χ3v) is 5.07. The Bertz CT molecular complexity index is 905. The number of nitrogens with zero attached hydrogens (tertiary/aromatic N) is 1. The van der Waals surface area contributed by atoms with Gasteiger partial charge in [-0.25, -0.2) is 0 Å². The molecule has 0 aliphatic heterocycles. The van der Waals surface area contributed by atoms with Crippen LogP contribution >= 0.6 is 0 Å². The molecule has 0 bridgehead atoms. The summed E-state index contributed by atoms with van der Waals surface area (Å²) in [6.07, 6.45) is 0. The molecule has 0 aliphatic carbocycles. The predicted octanol–water partition coefficient (Wildman–Crippen LogP) is 3.57. The van der Waals surface area contributed by atoms with Gasteiger partial charge in [0.05, 0.1) is 18.4 Å². The summed E-state index contributed by atoms with van der Waals surface area (Å²) in [6.45, 7) is 8.74. The van der Waals surface area contributed by atoms with Gasteiger partial charge in [-0.05, 0) is 56.2 Å². The minimum absolute atomic E-state index is 0.0851. The summed E-state index contributed by atoms with van der Waals surface area (Å²) < 4.78 is 5.11. The number of likely N-dealkylation sites (N-methyl/N-ethyl adjacent to an activating group) is 1. The molecule has 7 nitrogen and oxygen atoms in total. The van der Waals surface area contributed by atoms with Crippen LogP contribution in [0.2, 0.25) is 0 Å². The van der Waals surface area contributed by atoms with Crippen molar-refractivity contribution in [1.29, 1.82) is 0 Å². The summed E-state index contributed by atoms with van der Waals surface area (Å²) in [7, 11) is 1.55. The number of hydrogen-bond acceptors (Lipinski definition) is 4. The molecule has 1 atom stereocenters. The number of para-hydroxylation sites is 1. The minimum Gasteiger partial charge on any atom is -0.497 e. The highest BCUT2D eigenvalue weighted by atomic mass is 16.5. The number of ether oxygens (including phenoxy) is 1. The van der Waals surface area contributed by atoms with E-state index >= 15 is 0 Å². The molecule has 0 fully saturated rings. The number of methoxy groups -OCH3 is 1. The van der Waals surface area contributed by atoms with Crippen molar-refractivity contribution in [2.45, 2.75) is 33.7 Å². The maximum absolute atomic E-state index is 13.0. The Morgan fingerprint density at radius 2 is 1.55 bits per heavy atom. The zero-order chi connectivity index (χ0) is 23.0. The van der Waals surface area contributed by atoms with Crippen LogP contribution in [0.4, 0.5) is 5.69 Å². The van der Waals surface area contributed by atoms with E-state index in [-0.39, 0.29) is 17.7 Å². The summed E-state index contributed by atoms with van der Waals surface area (Å²) in [5.41, 5.74) is 1.11. The van der Waals surface area contributed by atoms with E-state index in [1.165, 1.54) is 0 Å². The number of rotatable bonds is 9. The number of benzene rings is 2. The average molecular weight is 426 g/mol. The third-order valence-electron chi connectivity index (χ3n) is 5.07. The lowest BCUT2D eigenvalue weighted by Crippen LogP contribution is -2.51. The monoisotopic (exact) mass is 425 g/mol. The molecule has 31 heavy (non-hydrogen) atoms. The van der Waals surface area contributed by atoms with E-state index in [0.717, 1.165) is 0 Å². The number of amides is 3. The molecule has 0 aromatic heterocycles. The van der Waals surface area contributed by atoms with Crippen molar-refractivity contribution in [3.63, 3.8) is 0 Å². The summed E-state index contributed by atoms with van der Waals surface area (Å²) in [6, 6.07) is 12.8.